The number of nitrogens with zero attached hydrogens (tertiary/aromatic N) is 1. The van der Waals surface area contributed by atoms with Crippen molar-refractivity contribution in [2.45, 2.75) is 24.6 Å². The van der Waals surface area contributed by atoms with Crippen LogP contribution in [0.1, 0.15) is 0 Å². The molecule has 1 fully saturated rings. The highest BCUT2D eigenvalue weighted by Gasteiger charge is 2.44. The van der Waals surface area contributed by atoms with Gasteiger partial charge in [0.2, 0.25) is 5.96 Å². The Balaban J connectivity index is 2.61. The molecular formula is C8H13FN4O5. The van der Waals surface area contributed by atoms with E-state index in [1.165, 1.54) is 0 Å². The first-order chi connectivity index (χ1) is 8.53. The molecular weight excluding hydrogens is 251 g/mol. The standard InChI is InChI=1S/C8H13FN4O5/c9-5-6(16)3(2-14)18-7(5)12-8(13-17)11-4(15)1-10/h1,3,5-7,10,14,16-17H,2H2,(H2,11,12,13,15)/t3-,5-,6-,7-/m1/s1. The van der Waals surface area contributed by atoms with Crippen LogP contribution in [0.15, 0.2) is 5.16 Å². The number of carbonyl (C=O) groups is 1. The maximum atomic E-state index is 13.5. The van der Waals surface area contributed by atoms with Crippen molar-refractivity contribution in [2.75, 3.05) is 6.61 Å². The Labute approximate surface area is 101 Å². The van der Waals surface area contributed by atoms with Crippen LogP contribution in [0.4, 0.5) is 4.39 Å². The summed E-state index contributed by atoms with van der Waals surface area (Å²) in [6.07, 6.45) is -5.51. The maximum Gasteiger partial charge on any atom is 0.268 e. The maximum absolute atomic E-state index is 13.5. The number of hydrogen-bond donors (Lipinski definition) is 6. The Morgan fingerprint density at radius 1 is 1.61 bits per heavy atom. The molecule has 0 unspecified atom stereocenters. The van der Waals surface area contributed by atoms with Crippen molar-refractivity contribution in [1.82, 2.24) is 10.6 Å². The van der Waals surface area contributed by atoms with Gasteiger partial charge in [0, 0.05) is 0 Å². The lowest BCUT2D eigenvalue weighted by molar-refractivity contribution is -0.113. The third-order valence-electron chi connectivity index (χ3n) is 2.25. The summed E-state index contributed by atoms with van der Waals surface area (Å²) >= 11 is 0. The number of ether oxygens (including phenoxy) is 1. The number of nitrogens with one attached hydrogen (secondary N) is 3. The zero-order chi connectivity index (χ0) is 13.7. The number of carbonyl (C=O) groups excluding carboxylic acids is 1. The van der Waals surface area contributed by atoms with Gasteiger partial charge in [-0.15, -0.1) is 0 Å². The third kappa shape index (κ3) is 3.12. The molecule has 6 N–H and O–H groups in total. The SMILES string of the molecule is N=CC(=O)N/C(=N\O)N[C@@H]1O[C@H](CO)[C@@H](O)[C@H]1F. The van der Waals surface area contributed by atoms with Crippen molar-refractivity contribution in [3.8, 4) is 0 Å². The molecule has 1 aliphatic heterocycles. The van der Waals surface area contributed by atoms with Crippen LogP contribution in [0.5, 0.6) is 0 Å². The zero-order valence-electron chi connectivity index (χ0n) is 9.08. The van der Waals surface area contributed by atoms with Crippen molar-refractivity contribution < 1.29 is 29.3 Å². The number of amides is 1. The summed E-state index contributed by atoms with van der Waals surface area (Å²) in [4.78, 5) is 10.8. The Morgan fingerprint density at radius 3 is 2.72 bits per heavy atom. The average molecular weight is 264 g/mol. The second kappa shape index (κ2) is 6.23. The lowest BCUT2D eigenvalue weighted by Crippen LogP contribution is -2.49. The van der Waals surface area contributed by atoms with Crippen LogP contribution < -0.4 is 10.6 Å². The molecule has 102 valence electrons. The van der Waals surface area contributed by atoms with Gasteiger partial charge in [0.1, 0.15) is 12.2 Å². The number of hydrogen-bond acceptors (Lipinski definition) is 7. The van der Waals surface area contributed by atoms with Gasteiger partial charge in [0.15, 0.2) is 12.4 Å². The molecule has 1 heterocycles. The molecule has 1 aliphatic rings. The molecule has 0 saturated carbocycles. The summed E-state index contributed by atoms with van der Waals surface area (Å²) < 4.78 is 18.4. The summed E-state index contributed by atoms with van der Waals surface area (Å²) in [6, 6.07) is 0. The first-order valence-electron chi connectivity index (χ1n) is 4.92. The van der Waals surface area contributed by atoms with E-state index in [1.807, 2.05) is 5.32 Å². The molecule has 0 aromatic rings. The molecule has 1 rings (SSSR count). The molecule has 10 heteroatoms. The summed E-state index contributed by atoms with van der Waals surface area (Å²) in [7, 11) is 0. The molecule has 0 spiro atoms. The van der Waals surface area contributed by atoms with E-state index in [9.17, 15) is 14.3 Å². The molecule has 4 atom stereocenters. The van der Waals surface area contributed by atoms with E-state index < -0.39 is 43.1 Å². The van der Waals surface area contributed by atoms with Crippen LogP contribution in [0.25, 0.3) is 0 Å². The van der Waals surface area contributed by atoms with Crippen molar-refractivity contribution in [1.29, 1.82) is 5.41 Å². The number of aliphatic hydroxyl groups excluding tert-OH is 2. The van der Waals surface area contributed by atoms with E-state index >= 15 is 0 Å². The number of halogens is 1. The Morgan fingerprint density at radius 2 is 2.28 bits per heavy atom. The summed E-state index contributed by atoms with van der Waals surface area (Å²) in [6.45, 7) is -0.585. The highest BCUT2D eigenvalue weighted by atomic mass is 19.1. The van der Waals surface area contributed by atoms with E-state index in [-0.39, 0.29) is 0 Å². The predicted molar refractivity (Wildman–Crippen MR) is 55.9 cm³/mol. The third-order valence-corrected chi connectivity index (χ3v) is 2.25. The first-order valence-corrected chi connectivity index (χ1v) is 4.92. The van der Waals surface area contributed by atoms with Gasteiger partial charge in [-0.1, -0.05) is 5.16 Å². The van der Waals surface area contributed by atoms with E-state index in [2.05, 4.69) is 10.5 Å². The second-order valence-electron chi connectivity index (χ2n) is 3.44. The fourth-order valence-corrected chi connectivity index (χ4v) is 1.37. The predicted octanol–water partition coefficient (Wildman–Crippen LogP) is -2.50. The minimum Gasteiger partial charge on any atom is -0.408 e. The van der Waals surface area contributed by atoms with Gasteiger partial charge in [-0.25, -0.2) is 4.39 Å². The van der Waals surface area contributed by atoms with E-state index in [0.717, 1.165) is 0 Å². The second-order valence-corrected chi connectivity index (χ2v) is 3.44. The van der Waals surface area contributed by atoms with Crippen molar-refractivity contribution in [3.05, 3.63) is 0 Å². The Kier molecular flexibility index (Phi) is 4.95. The van der Waals surface area contributed by atoms with Crippen molar-refractivity contribution in [2.24, 2.45) is 5.16 Å². The van der Waals surface area contributed by atoms with Crippen molar-refractivity contribution >= 4 is 18.1 Å². The molecule has 0 aromatic carbocycles. The van der Waals surface area contributed by atoms with Gasteiger partial charge in [0.05, 0.1) is 12.8 Å². The highest BCUT2D eigenvalue weighted by Crippen LogP contribution is 2.21. The Hall–Kier alpha value is -1.78. The fraction of sp³-hybridized carbons (Fsp3) is 0.625. The molecule has 1 saturated heterocycles. The fourth-order valence-electron chi connectivity index (χ4n) is 1.37. The molecule has 0 aliphatic carbocycles. The smallest absolute Gasteiger partial charge is 0.268 e. The van der Waals surface area contributed by atoms with Crippen LogP contribution in [-0.2, 0) is 9.53 Å². The van der Waals surface area contributed by atoms with Crippen LogP contribution in [0.3, 0.4) is 0 Å². The number of aliphatic hydroxyl groups is 2. The quantitative estimate of drug-likeness (QED) is 0.144. The van der Waals surface area contributed by atoms with Gasteiger partial charge in [-0.3, -0.25) is 10.1 Å². The van der Waals surface area contributed by atoms with Crippen LogP contribution in [-0.4, -0.2) is 64.7 Å². The number of oxime groups is 1. The largest absolute Gasteiger partial charge is 0.408 e. The number of guanidine groups is 1. The first kappa shape index (κ1) is 14.3. The van der Waals surface area contributed by atoms with Crippen molar-refractivity contribution in [3.63, 3.8) is 0 Å². The average Bonchev–Trinajstić information content (AvgIpc) is 2.65. The monoisotopic (exact) mass is 264 g/mol. The van der Waals surface area contributed by atoms with Gasteiger partial charge in [-0.2, -0.15) is 0 Å². The lowest BCUT2D eigenvalue weighted by Gasteiger charge is -2.16. The minimum atomic E-state index is -1.88. The van der Waals surface area contributed by atoms with Crippen LogP contribution >= 0.6 is 0 Å². The Bertz CT molecular complexity index is 352. The topological polar surface area (TPSA) is 147 Å². The molecule has 0 radical (unpaired) electrons. The molecule has 18 heavy (non-hydrogen) atoms. The minimum absolute atomic E-state index is 0.417. The highest BCUT2D eigenvalue weighted by molar-refractivity contribution is 6.28. The van der Waals surface area contributed by atoms with Gasteiger partial charge in [0.25, 0.3) is 5.91 Å². The molecule has 0 aromatic heterocycles. The summed E-state index contributed by atoms with van der Waals surface area (Å²) in [5.41, 5.74) is 0. The molecule has 9 nitrogen and oxygen atoms in total. The molecule has 0 bridgehead atoms. The summed E-state index contributed by atoms with van der Waals surface area (Å²) in [5, 5.41) is 40.0. The van der Waals surface area contributed by atoms with Crippen LogP contribution in [0.2, 0.25) is 0 Å². The van der Waals surface area contributed by atoms with Gasteiger partial charge in [-0.05, 0) is 0 Å². The number of rotatable bonds is 3. The zero-order valence-corrected chi connectivity index (χ0v) is 9.08. The van der Waals surface area contributed by atoms with Gasteiger partial charge < -0.3 is 30.9 Å². The molecule has 1 amide bonds. The normalized spacial score (nSPS) is 32.1. The van der Waals surface area contributed by atoms with E-state index in [0.29, 0.717) is 6.21 Å². The van der Waals surface area contributed by atoms with Gasteiger partial charge >= 0.3 is 0 Å². The van der Waals surface area contributed by atoms with E-state index in [4.69, 9.17) is 20.5 Å². The van der Waals surface area contributed by atoms with Crippen LogP contribution in [0, 0.1) is 5.41 Å². The number of alkyl halides is 1. The lowest BCUT2D eigenvalue weighted by atomic mass is 10.1. The van der Waals surface area contributed by atoms with E-state index in [1.54, 1.807) is 0 Å². The summed E-state index contributed by atoms with van der Waals surface area (Å²) in [5.74, 6) is -1.44.